The monoisotopic (exact) mass is 337 g/mol. The first-order chi connectivity index (χ1) is 12.2. The molecule has 0 saturated heterocycles. The van der Waals surface area contributed by atoms with E-state index in [0.29, 0.717) is 11.1 Å². The van der Waals surface area contributed by atoms with Gasteiger partial charge in [-0.05, 0) is 73.2 Å². The average Bonchev–Trinajstić information content (AvgIpc) is 3.10. The van der Waals surface area contributed by atoms with Crippen LogP contribution in [0.15, 0.2) is 46.9 Å². The Morgan fingerprint density at radius 3 is 2.56 bits per heavy atom. The number of carbonyl (C=O) groups is 1. The zero-order valence-corrected chi connectivity index (χ0v) is 13.5. The second-order valence-electron chi connectivity index (χ2n) is 6.06. The van der Waals surface area contributed by atoms with E-state index in [9.17, 15) is 9.18 Å². The highest BCUT2D eigenvalue weighted by Gasteiger charge is 2.15. The molecule has 0 bridgehead atoms. The molecule has 0 saturated carbocycles. The molecule has 1 N–H and O–H groups in total. The van der Waals surface area contributed by atoms with Crippen molar-refractivity contribution in [3.8, 4) is 11.5 Å². The number of anilines is 1. The maximum atomic E-state index is 13.0. The predicted octanol–water partition coefficient (Wildman–Crippen LogP) is 4.01. The van der Waals surface area contributed by atoms with Gasteiger partial charge in [0.1, 0.15) is 5.82 Å². The molecule has 0 spiro atoms. The van der Waals surface area contributed by atoms with Crippen LogP contribution in [0, 0.1) is 5.82 Å². The number of nitrogens with one attached hydrogen (secondary N) is 1. The van der Waals surface area contributed by atoms with Gasteiger partial charge in [0, 0.05) is 11.1 Å². The van der Waals surface area contributed by atoms with E-state index in [0.717, 1.165) is 19.3 Å². The molecule has 0 aliphatic heterocycles. The largest absolute Gasteiger partial charge is 0.403 e. The molecular formula is C19H16FN3O2. The smallest absolute Gasteiger partial charge is 0.322 e. The van der Waals surface area contributed by atoms with E-state index in [2.05, 4.69) is 15.5 Å². The molecule has 3 aromatic rings. The first kappa shape index (κ1) is 15.5. The quantitative estimate of drug-likeness (QED) is 0.784. The molecule has 1 aromatic heterocycles. The molecule has 1 amide bonds. The highest BCUT2D eigenvalue weighted by molar-refractivity contribution is 6.03. The number of benzene rings is 2. The fraction of sp³-hybridized carbons (Fsp3) is 0.211. The Bertz CT molecular complexity index is 919. The van der Waals surface area contributed by atoms with Crippen LogP contribution in [0.3, 0.4) is 0 Å². The van der Waals surface area contributed by atoms with E-state index in [1.165, 1.54) is 41.8 Å². The third-order valence-corrected chi connectivity index (χ3v) is 4.35. The van der Waals surface area contributed by atoms with Crippen molar-refractivity contribution in [1.29, 1.82) is 0 Å². The van der Waals surface area contributed by atoms with Crippen molar-refractivity contribution < 1.29 is 13.6 Å². The molecule has 4 rings (SSSR count). The van der Waals surface area contributed by atoms with Gasteiger partial charge in [-0.3, -0.25) is 10.1 Å². The lowest BCUT2D eigenvalue weighted by molar-refractivity contribution is 0.102. The summed E-state index contributed by atoms with van der Waals surface area (Å²) in [6, 6.07) is 11.5. The van der Waals surface area contributed by atoms with Gasteiger partial charge in [0.2, 0.25) is 5.89 Å². The number of carbonyl (C=O) groups excluding carboxylic acids is 1. The number of halogens is 1. The summed E-state index contributed by atoms with van der Waals surface area (Å²) < 4.78 is 18.4. The number of amides is 1. The number of hydrogen-bond donors (Lipinski definition) is 1. The lowest BCUT2D eigenvalue weighted by Crippen LogP contribution is -2.13. The minimum Gasteiger partial charge on any atom is -0.403 e. The van der Waals surface area contributed by atoms with E-state index in [4.69, 9.17) is 4.42 Å². The number of aryl methyl sites for hydroxylation is 2. The highest BCUT2D eigenvalue weighted by Crippen LogP contribution is 2.23. The summed E-state index contributed by atoms with van der Waals surface area (Å²) in [6.07, 6.45) is 4.43. The molecule has 0 radical (unpaired) electrons. The van der Waals surface area contributed by atoms with Crippen LogP contribution in [0.25, 0.3) is 11.5 Å². The molecule has 1 aliphatic carbocycles. The first-order valence-electron chi connectivity index (χ1n) is 8.22. The van der Waals surface area contributed by atoms with Gasteiger partial charge >= 0.3 is 6.01 Å². The van der Waals surface area contributed by atoms with Crippen LogP contribution in [0.1, 0.15) is 34.3 Å². The molecule has 5 nitrogen and oxygen atoms in total. The standard InChI is InChI=1S/C19H16FN3O2/c20-16-9-7-13(8-10-16)18-22-23-19(25-18)21-17(24)15-6-5-12-3-1-2-4-14(12)11-15/h5-11H,1-4H2,(H,21,23,24). The van der Waals surface area contributed by atoms with Crippen molar-refractivity contribution in [2.24, 2.45) is 0 Å². The molecule has 0 fully saturated rings. The van der Waals surface area contributed by atoms with Gasteiger partial charge < -0.3 is 4.42 Å². The third-order valence-electron chi connectivity index (χ3n) is 4.35. The van der Waals surface area contributed by atoms with Gasteiger partial charge in [-0.25, -0.2) is 4.39 Å². The molecular weight excluding hydrogens is 321 g/mol. The van der Waals surface area contributed by atoms with E-state index in [1.54, 1.807) is 0 Å². The van der Waals surface area contributed by atoms with E-state index >= 15 is 0 Å². The van der Waals surface area contributed by atoms with Crippen molar-refractivity contribution >= 4 is 11.9 Å². The molecule has 0 atom stereocenters. The summed E-state index contributed by atoms with van der Waals surface area (Å²) in [5, 5.41) is 10.3. The average molecular weight is 337 g/mol. The fourth-order valence-corrected chi connectivity index (χ4v) is 3.03. The molecule has 126 valence electrons. The number of hydrogen-bond acceptors (Lipinski definition) is 4. The molecule has 1 aliphatic rings. The van der Waals surface area contributed by atoms with Gasteiger partial charge in [-0.2, -0.15) is 0 Å². The molecule has 1 heterocycles. The van der Waals surface area contributed by atoms with E-state index < -0.39 is 0 Å². The maximum Gasteiger partial charge on any atom is 0.322 e. The Hall–Kier alpha value is -3.02. The number of aromatic nitrogens is 2. The van der Waals surface area contributed by atoms with Gasteiger partial charge in [-0.15, -0.1) is 5.10 Å². The Labute approximate surface area is 143 Å². The van der Waals surface area contributed by atoms with E-state index in [1.807, 2.05) is 18.2 Å². The Morgan fingerprint density at radius 2 is 1.76 bits per heavy atom. The minimum atomic E-state index is -0.343. The zero-order chi connectivity index (χ0) is 17.2. The van der Waals surface area contributed by atoms with Gasteiger partial charge in [0.15, 0.2) is 0 Å². The van der Waals surface area contributed by atoms with Crippen molar-refractivity contribution in [3.63, 3.8) is 0 Å². The third kappa shape index (κ3) is 3.28. The summed E-state index contributed by atoms with van der Waals surface area (Å²) in [5.41, 5.74) is 3.71. The molecule has 6 heteroatoms. The van der Waals surface area contributed by atoms with Crippen molar-refractivity contribution in [2.45, 2.75) is 25.7 Å². The number of rotatable bonds is 3. The summed E-state index contributed by atoms with van der Waals surface area (Å²) in [4.78, 5) is 12.4. The Balaban J connectivity index is 1.50. The topological polar surface area (TPSA) is 68.0 Å². The van der Waals surface area contributed by atoms with Crippen molar-refractivity contribution in [3.05, 3.63) is 65.0 Å². The number of nitrogens with zero attached hydrogens (tertiary/aromatic N) is 2. The Morgan fingerprint density at radius 1 is 1.00 bits per heavy atom. The SMILES string of the molecule is O=C(Nc1nnc(-c2ccc(F)cc2)o1)c1ccc2c(c1)CCCC2. The molecule has 0 unspecified atom stereocenters. The minimum absolute atomic E-state index is 0.0158. The summed E-state index contributed by atoms with van der Waals surface area (Å²) in [5.74, 6) is -0.410. The van der Waals surface area contributed by atoms with Crippen LogP contribution in [-0.4, -0.2) is 16.1 Å². The van der Waals surface area contributed by atoms with Gasteiger partial charge in [0.05, 0.1) is 0 Å². The molecule has 2 aromatic carbocycles. The van der Waals surface area contributed by atoms with E-state index in [-0.39, 0.29) is 23.6 Å². The lowest BCUT2D eigenvalue weighted by atomic mass is 9.90. The van der Waals surface area contributed by atoms with Crippen molar-refractivity contribution in [2.75, 3.05) is 5.32 Å². The molecule has 25 heavy (non-hydrogen) atoms. The van der Waals surface area contributed by atoms with Crippen LogP contribution in [-0.2, 0) is 12.8 Å². The van der Waals surface area contributed by atoms with Crippen LogP contribution in [0.5, 0.6) is 0 Å². The normalized spacial score (nSPS) is 13.3. The van der Waals surface area contributed by atoms with Crippen molar-refractivity contribution in [1.82, 2.24) is 10.2 Å². The fourth-order valence-electron chi connectivity index (χ4n) is 3.03. The summed E-state index contributed by atoms with van der Waals surface area (Å²) in [6.45, 7) is 0. The van der Waals surface area contributed by atoms with Gasteiger partial charge in [-0.1, -0.05) is 11.2 Å². The lowest BCUT2D eigenvalue weighted by Gasteiger charge is -2.16. The first-order valence-corrected chi connectivity index (χ1v) is 8.22. The van der Waals surface area contributed by atoms with Crippen LogP contribution in [0.2, 0.25) is 0 Å². The van der Waals surface area contributed by atoms with Gasteiger partial charge in [0.25, 0.3) is 5.91 Å². The Kier molecular flexibility index (Phi) is 4.01. The highest BCUT2D eigenvalue weighted by atomic mass is 19.1. The van der Waals surface area contributed by atoms with Crippen LogP contribution >= 0.6 is 0 Å². The van der Waals surface area contributed by atoms with Crippen LogP contribution < -0.4 is 5.32 Å². The summed E-state index contributed by atoms with van der Waals surface area (Å²) >= 11 is 0. The van der Waals surface area contributed by atoms with Crippen LogP contribution in [0.4, 0.5) is 10.4 Å². The second kappa shape index (κ2) is 6.47. The zero-order valence-electron chi connectivity index (χ0n) is 13.5. The predicted molar refractivity (Wildman–Crippen MR) is 90.7 cm³/mol. The maximum absolute atomic E-state index is 13.0. The summed E-state index contributed by atoms with van der Waals surface area (Å²) in [7, 11) is 0. The number of fused-ring (bicyclic) bond motifs is 1. The second-order valence-corrected chi connectivity index (χ2v) is 6.06.